The molecule has 69 heavy (non-hydrogen) atoms. The fraction of sp³-hybridized carbons (Fsp3) is 0.0159. The lowest BCUT2D eigenvalue weighted by Gasteiger charge is -2.35. The molecule has 6 nitrogen and oxygen atoms in total. The van der Waals surface area contributed by atoms with Crippen LogP contribution in [0.15, 0.2) is 264 Å². The summed E-state index contributed by atoms with van der Waals surface area (Å²) in [4.78, 5) is 15.6. The SMILES string of the molecule is c1ccc(-c2nc3c(N(c4ccccc4)c4ccccc4)cc4c(c3o2)-c2c(cc(N(c3ccccc3)c3ccccc3)c3nc(-c5ccccc5)oc23)C4(c2ccccc2)c2ccccc2)cc1. The van der Waals surface area contributed by atoms with Gasteiger partial charge in [-0.15, -0.1) is 0 Å². The first kappa shape index (κ1) is 40.1. The number of hydrogen-bond donors (Lipinski definition) is 0. The van der Waals surface area contributed by atoms with Crippen molar-refractivity contribution in [3.63, 3.8) is 0 Å². The number of rotatable bonds is 10. The van der Waals surface area contributed by atoms with Crippen LogP contribution >= 0.6 is 0 Å². The van der Waals surface area contributed by atoms with Crippen molar-refractivity contribution in [3.05, 3.63) is 277 Å². The molecule has 13 rings (SSSR count). The Hall–Kier alpha value is -9.26. The summed E-state index contributed by atoms with van der Waals surface area (Å²) in [5.41, 5.74) is 15.4. The zero-order valence-electron chi connectivity index (χ0n) is 37.4. The molecule has 1 aliphatic carbocycles. The predicted molar refractivity (Wildman–Crippen MR) is 279 cm³/mol. The average molecular weight is 887 g/mol. The molecule has 0 fully saturated rings. The monoisotopic (exact) mass is 886 g/mol. The fourth-order valence-electron chi connectivity index (χ4n) is 10.4. The van der Waals surface area contributed by atoms with E-state index in [4.69, 9.17) is 18.8 Å². The molecule has 0 N–H and O–H groups in total. The minimum absolute atomic E-state index is 0.523. The van der Waals surface area contributed by atoms with E-state index in [1.54, 1.807) is 0 Å². The molecule has 0 bridgehead atoms. The van der Waals surface area contributed by atoms with Crippen LogP contribution in [0.25, 0.3) is 56.2 Å². The summed E-state index contributed by atoms with van der Waals surface area (Å²) in [5.74, 6) is 1.05. The quantitative estimate of drug-likeness (QED) is 0.136. The number of para-hydroxylation sites is 4. The number of benzene rings is 10. The van der Waals surface area contributed by atoms with Gasteiger partial charge >= 0.3 is 0 Å². The van der Waals surface area contributed by atoms with E-state index in [0.29, 0.717) is 22.9 Å². The highest BCUT2D eigenvalue weighted by Crippen LogP contribution is 2.63. The average Bonchev–Trinajstić information content (AvgIpc) is 4.16. The summed E-state index contributed by atoms with van der Waals surface area (Å²) < 4.78 is 14.7. The van der Waals surface area contributed by atoms with Crippen LogP contribution in [0.1, 0.15) is 22.3 Å². The van der Waals surface area contributed by atoms with Crippen molar-refractivity contribution in [1.29, 1.82) is 0 Å². The molecule has 0 aliphatic heterocycles. The number of nitrogens with zero attached hydrogens (tertiary/aromatic N) is 4. The van der Waals surface area contributed by atoms with Crippen LogP contribution in [0.3, 0.4) is 0 Å². The molecule has 0 spiro atoms. The Morgan fingerprint density at radius 2 is 0.594 bits per heavy atom. The molecular weight excluding hydrogens is 845 g/mol. The summed E-state index contributed by atoms with van der Waals surface area (Å²) in [6.07, 6.45) is 0. The van der Waals surface area contributed by atoms with Crippen LogP contribution in [-0.4, -0.2) is 9.97 Å². The van der Waals surface area contributed by atoms with Gasteiger partial charge in [0.15, 0.2) is 11.2 Å². The van der Waals surface area contributed by atoms with Crippen molar-refractivity contribution in [3.8, 4) is 34.0 Å². The third-order valence-electron chi connectivity index (χ3n) is 13.3. The van der Waals surface area contributed by atoms with Crippen molar-refractivity contribution in [1.82, 2.24) is 9.97 Å². The Morgan fingerprint density at radius 1 is 0.319 bits per heavy atom. The van der Waals surface area contributed by atoms with Gasteiger partial charge in [-0.2, -0.15) is 0 Å². The van der Waals surface area contributed by atoms with Crippen LogP contribution in [-0.2, 0) is 5.41 Å². The van der Waals surface area contributed by atoms with E-state index in [0.717, 1.165) is 89.7 Å². The second-order valence-electron chi connectivity index (χ2n) is 17.3. The molecular formula is C63H42N4O2. The fourth-order valence-corrected chi connectivity index (χ4v) is 10.4. The molecule has 1 aliphatic rings. The predicted octanol–water partition coefficient (Wildman–Crippen LogP) is 16.6. The standard InChI is InChI=1S/C63H42N4O2/c1-9-25-43(26-10-1)61-64-57-53(66(47-33-17-5-18-34-47)48-35-19-6-20-36-48)41-51-55(59(57)68-61)56-52(63(51,45-29-13-3-14-30-45)46-31-15-4-16-32-46)42-54(58-60(56)69-62(65-58)44-27-11-2-12-28-44)67(49-37-21-7-22-38-49)50-39-23-8-24-40-50/h1-42H. The molecule has 0 radical (unpaired) electrons. The van der Waals surface area contributed by atoms with Crippen LogP contribution in [0.4, 0.5) is 34.1 Å². The molecule has 326 valence electrons. The largest absolute Gasteiger partial charge is 0.435 e. The first-order valence-electron chi connectivity index (χ1n) is 23.2. The molecule has 10 aromatic carbocycles. The second-order valence-corrected chi connectivity index (χ2v) is 17.3. The van der Waals surface area contributed by atoms with E-state index in [2.05, 4.69) is 228 Å². The minimum atomic E-state index is -0.920. The van der Waals surface area contributed by atoms with E-state index in [-0.39, 0.29) is 0 Å². The molecule has 12 aromatic rings. The molecule has 0 saturated carbocycles. The lowest BCUT2D eigenvalue weighted by molar-refractivity contribution is 0.616. The van der Waals surface area contributed by atoms with E-state index in [1.807, 2.05) is 36.4 Å². The molecule has 2 aromatic heterocycles. The molecule has 0 atom stereocenters. The van der Waals surface area contributed by atoms with Gasteiger partial charge < -0.3 is 18.6 Å². The van der Waals surface area contributed by atoms with E-state index in [1.165, 1.54) is 0 Å². The number of aromatic nitrogens is 2. The van der Waals surface area contributed by atoms with Crippen molar-refractivity contribution in [2.24, 2.45) is 0 Å². The van der Waals surface area contributed by atoms with Gasteiger partial charge in [-0.25, -0.2) is 9.97 Å². The molecule has 0 amide bonds. The summed E-state index contributed by atoms with van der Waals surface area (Å²) >= 11 is 0. The number of oxazole rings is 2. The van der Waals surface area contributed by atoms with E-state index < -0.39 is 5.41 Å². The molecule has 0 saturated heterocycles. The summed E-state index contributed by atoms with van der Waals surface area (Å²) in [7, 11) is 0. The number of hydrogen-bond acceptors (Lipinski definition) is 6. The smallest absolute Gasteiger partial charge is 0.227 e. The van der Waals surface area contributed by atoms with E-state index >= 15 is 0 Å². The van der Waals surface area contributed by atoms with Crippen LogP contribution in [0, 0.1) is 0 Å². The highest BCUT2D eigenvalue weighted by molar-refractivity contribution is 6.15. The highest BCUT2D eigenvalue weighted by atomic mass is 16.4. The highest BCUT2D eigenvalue weighted by Gasteiger charge is 2.51. The zero-order valence-corrected chi connectivity index (χ0v) is 37.4. The molecule has 6 heteroatoms. The van der Waals surface area contributed by atoms with Gasteiger partial charge in [0.05, 0.1) is 16.8 Å². The third-order valence-corrected chi connectivity index (χ3v) is 13.3. The van der Waals surface area contributed by atoms with E-state index in [9.17, 15) is 0 Å². The van der Waals surface area contributed by atoms with Crippen LogP contribution in [0.2, 0.25) is 0 Å². The molecule has 2 heterocycles. The maximum absolute atomic E-state index is 7.33. The first-order chi connectivity index (χ1) is 34.3. The lowest BCUT2D eigenvalue weighted by Crippen LogP contribution is -2.29. The summed E-state index contributed by atoms with van der Waals surface area (Å²) in [5, 5.41) is 0. The van der Waals surface area contributed by atoms with Gasteiger partial charge in [0.25, 0.3) is 0 Å². The van der Waals surface area contributed by atoms with Crippen molar-refractivity contribution in [2.75, 3.05) is 9.80 Å². The minimum Gasteiger partial charge on any atom is -0.435 e. The zero-order chi connectivity index (χ0) is 45.7. The topological polar surface area (TPSA) is 58.5 Å². The Morgan fingerprint density at radius 3 is 0.899 bits per heavy atom. The Balaban J connectivity index is 1.25. The van der Waals surface area contributed by atoms with Gasteiger partial charge in [0.2, 0.25) is 11.8 Å². The number of fused-ring (bicyclic) bond motifs is 7. The first-order valence-corrected chi connectivity index (χ1v) is 23.2. The Kier molecular flexibility index (Phi) is 9.61. The van der Waals surface area contributed by atoms with Gasteiger partial charge in [-0.05, 0) is 107 Å². The maximum atomic E-state index is 7.33. The van der Waals surface area contributed by atoms with Crippen molar-refractivity contribution in [2.45, 2.75) is 5.41 Å². The van der Waals surface area contributed by atoms with Gasteiger partial charge in [0.1, 0.15) is 11.0 Å². The number of anilines is 6. The van der Waals surface area contributed by atoms with Crippen molar-refractivity contribution < 1.29 is 8.83 Å². The van der Waals surface area contributed by atoms with Gasteiger partial charge in [-0.3, -0.25) is 0 Å². The van der Waals surface area contributed by atoms with Gasteiger partial charge in [0, 0.05) is 45.0 Å². The van der Waals surface area contributed by atoms with Gasteiger partial charge in [-0.1, -0.05) is 170 Å². The molecule has 0 unspecified atom stereocenters. The Bertz CT molecular complexity index is 3420. The summed E-state index contributed by atoms with van der Waals surface area (Å²) in [6.45, 7) is 0. The second kappa shape index (κ2) is 16.6. The van der Waals surface area contributed by atoms with Crippen LogP contribution in [0.5, 0.6) is 0 Å². The maximum Gasteiger partial charge on any atom is 0.227 e. The van der Waals surface area contributed by atoms with Crippen LogP contribution < -0.4 is 9.80 Å². The normalized spacial score (nSPS) is 12.5. The van der Waals surface area contributed by atoms with Crippen molar-refractivity contribution >= 4 is 56.3 Å². The lowest BCUT2D eigenvalue weighted by atomic mass is 9.67. The summed E-state index contributed by atoms with van der Waals surface area (Å²) in [6, 6.07) is 88.9. The third kappa shape index (κ3) is 6.49. The Labute approximate surface area is 399 Å².